The molecule has 1 aromatic heterocycles. The van der Waals surface area contributed by atoms with Gasteiger partial charge < -0.3 is 10.1 Å². The summed E-state index contributed by atoms with van der Waals surface area (Å²) < 4.78 is 0. The van der Waals surface area contributed by atoms with Crippen molar-refractivity contribution in [1.82, 2.24) is 9.97 Å². The minimum Gasteiger partial charge on any atom is -0.493 e. The Kier molecular flexibility index (Phi) is 3.08. The molecule has 0 saturated carbocycles. The van der Waals surface area contributed by atoms with Gasteiger partial charge in [0, 0.05) is 5.92 Å². The largest absolute Gasteiger partial charge is 0.493 e. The first-order valence-electron chi connectivity index (χ1n) is 6.96. The second-order valence-corrected chi connectivity index (χ2v) is 5.72. The Morgan fingerprint density at radius 2 is 1.85 bits per heavy atom. The van der Waals surface area contributed by atoms with Crippen LogP contribution in [-0.4, -0.2) is 15.1 Å². The molecule has 2 aromatic rings. The van der Waals surface area contributed by atoms with Crippen LogP contribution in [0.25, 0.3) is 0 Å². The quantitative estimate of drug-likeness (QED) is 0.881. The molecular weight excluding hydrogens is 252 g/mol. The number of benzene rings is 1. The predicted molar refractivity (Wildman–Crippen MR) is 77.2 cm³/mol. The van der Waals surface area contributed by atoms with Crippen molar-refractivity contribution in [2.24, 2.45) is 0 Å². The van der Waals surface area contributed by atoms with E-state index >= 15 is 0 Å². The van der Waals surface area contributed by atoms with Crippen molar-refractivity contribution in [3.63, 3.8) is 0 Å². The molecule has 0 radical (unpaired) electrons. The van der Waals surface area contributed by atoms with Crippen molar-refractivity contribution < 1.29 is 5.11 Å². The zero-order chi connectivity index (χ0) is 14.3. The fourth-order valence-corrected chi connectivity index (χ4v) is 2.95. The third-order valence-corrected chi connectivity index (χ3v) is 3.97. The van der Waals surface area contributed by atoms with Crippen molar-refractivity contribution in [1.29, 1.82) is 0 Å². The molecular formula is C16H18N2O2. The number of hydrogen-bond donors (Lipinski definition) is 2. The van der Waals surface area contributed by atoms with Gasteiger partial charge in [-0.15, -0.1) is 0 Å². The first-order chi connectivity index (χ1) is 9.56. The summed E-state index contributed by atoms with van der Waals surface area (Å²) in [5, 5.41) is 9.99. The first-order valence-corrected chi connectivity index (χ1v) is 6.96. The highest BCUT2D eigenvalue weighted by Gasteiger charge is 2.26. The van der Waals surface area contributed by atoms with E-state index in [2.05, 4.69) is 22.1 Å². The fraction of sp³-hybridized carbons (Fsp3) is 0.375. The van der Waals surface area contributed by atoms with E-state index in [-0.39, 0.29) is 23.3 Å². The van der Waals surface area contributed by atoms with Crippen molar-refractivity contribution in [3.05, 3.63) is 57.1 Å². The molecule has 0 unspecified atom stereocenters. The molecule has 0 amide bonds. The van der Waals surface area contributed by atoms with Crippen LogP contribution in [0.15, 0.2) is 29.1 Å². The van der Waals surface area contributed by atoms with Gasteiger partial charge in [-0.1, -0.05) is 38.1 Å². The number of hydrogen-bond acceptors (Lipinski definition) is 3. The van der Waals surface area contributed by atoms with Crippen LogP contribution < -0.4 is 5.56 Å². The minimum atomic E-state index is -0.224. The van der Waals surface area contributed by atoms with E-state index in [1.54, 1.807) is 0 Å². The summed E-state index contributed by atoms with van der Waals surface area (Å²) >= 11 is 0. The van der Waals surface area contributed by atoms with E-state index in [4.69, 9.17) is 0 Å². The fourth-order valence-electron chi connectivity index (χ4n) is 2.95. The molecule has 0 bridgehead atoms. The average Bonchev–Trinajstić information content (AvgIpc) is 2.81. The molecule has 4 heteroatoms. The van der Waals surface area contributed by atoms with Crippen LogP contribution in [0.1, 0.15) is 48.2 Å². The number of rotatable bonds is 2. The standard InChI is InChI=1S/C16H18N2O2/c1-9(2)13-15(19)17-14(18-16(13)20)12-7-10-5-3-4-6-11(10)8-12/h3-6,9,12H,7-8H2,1-2H3,(H2,17,18,19,20). The van der Waals surface area contributed by atoms with Gasteiger partial charge in [0.15, 0.2) is 0 Å². The van der Waals surface area contributed by atoms with Crippen LogP contribution in [0.4, 0.5) is 0 Å². The molecule has 0 saturated heterocycles. The summed E-state index contributed by atoms with van der Waals surface area (Å²) in [6.07, 6.45) is 1.72. The van der Waals surface area contributed by atoms with E-state index in [1.165, 1.54) is 11.1 Å². The molecule has 0 aliphatic heterocycles. The monoisotopic (exact) mass is 270 g/mol. The zero-order valence-electron chi connectivity index (χ0n) is 11.7. The molecule has 0 fully saturated rings. The maximum atomic E-state index is 12.1. The number of aromatic nitrogens is 2. The van der Waals surface area contributed by atoms with Gasteiger partial charge in [-0.2, -0.15) is 4.98 Å². The van der Waals surface area contributed by atoms with Crippen LogP contribution in [0, 0.1) is 0 Å². The number of aromatic hydroxyl groups is 1. The van der Waals surface area contributed by atoms with E-state index in [0.29, 0.717) is 11.4 Å². The molecule has 3 rings (SSSR count). The van der Waals surface area contributed by atoms with Gasteiger partial charge in [0.1, 0.15) is 5.82 Å². The Morgan fingerprint density at radius 3 is 2.35 bits per heavy atom. The first kappa shape index (κ1) is 12.9. The minimum absolute atomic E-state index is 0.0407. The lowest BCUT2D eigenvalue weighted by atomic mass is 10.0. The molecule has 0 spiro atoms. The third-order valence-electron chi connectivity index (χ3n) is 3.97. The second kappa shape index (κ2) is 4.78. The lowest BCUT2D eigenvalue weighted by Gasteiger charge is -2.12. The zero-order valence-corrected chi connectivity index (χ0v) is 11.7. The normalized spacial score (nSPS) is 14.8. The van der Waals surface area contributed by atoms with E-state index in [9.17, 15) is 9.90 Å². The highest BCUT2D eigenvalue weighted by atomic mass is 16.3. The van der Waals surface area contributed by atoms with Gasteiger partial charge in [-0.05, 0) is 29.9 Å². The SMILES string of the molecule is CC(C)c1c(O)nc(C2Cc3ccccc3C2)[nH]c1=O. The number of nitrogens with one attached hydrogen (secondary N) is 1. The van der Waals surface area contributed by atoms with Crippen molar-refractivity contribution >= 4 is 0 Å². The summed E-state index contributed by atoms with van der Waals surface area (Å²) in [4.78, 5) is 19.1. The van der Waals surface area contributed by atoms with Gasteiger partial charge in [-0.25, -0.2) is 0 Å². The Bertz CT molecular complexity index is 679. The smallest absolute Gasteiger partial charge is 0.258 e. The molecule has 20 heavy (non-hydrogen) atoms. The van der Waals surface area contributed by atoms with Crippen LogP contribution in [0.5, 0.6) is 5.88 Å². The highest BCUT2D eigenvalue weighted by Crippen LogP contribution is 2.32. The Hall–Kier alpha value is -2.10. The molecule has 2 N–H and O–H groups in total. The number of nitrogens with zero attached hydrogens (tertiary/aromatic N) is 1. The lowest BCUT2D eigenvalue weighted by molar-refractivity contribution is 0.432. The van der Waals surface area contributed by atoms with Crippen LogP contribution >= 0.6 is 0 Å². The van der Waals surface area contributed by atoms with Crippen molar-refractivity contribution in [3.8, 4) is 5.88 Å². The second-order valence-electron chi connectivity index (χ2n) is 5.72. The summed E-state index contributed by atoms with van der Waals surface area (Å²) in [6.45, 7) is 3.74. The van der Waals surface area contributed by atoms with Gasteiger partial charge >= 0.3 is 0 Å². The molecule has 1 aromatic carbocycles. The van der Waals surface area contributed by atoms with Crippen LogP contribution in [0.3, 0.4) is 0 Å². The molecule has 1 heterocycles. The third kappa shape index (κ3) is 2.11. The topological polar surface area (TPSA) is 66.0 Å². The van der Waals surface area contributed by atoms with Gasteiger partial charge in [0.25, 0.3) is 5.56 Å². The highest BCUT2D eigenvalue weighted by molar-refractivity contribution is 5.36. The summed E-state index contributed by atoms with van der Waals surface area (Å²) in [5.41, 5.74) is 2.74. The average molecular weight is 270 g/mol. The summed E-state index contributed by atoms with van der Waals surface area (Å²) in [6, 6.07) is 8.26. The van der Waals surface area contributed by atoms with Gasteiger partial charge in [-0.3, -0.25) is 4.79 Å². The maximum Gasteiger partial charge on any atom is 0.258 e. The number of fused-ring (bicyclic) bond motifs is 1. The van der Waals surface area contributed by atoms with Crippen LogP contribution in [-0.2, 0) is 12.8 Å². The van der Waals surface area contributed by atoms with E-state index < -0.39 is 0 Å². The number of H-pyrrole nitrogens is 1. The van der Waals surface area contributed by atoms with Crippen LogP contribution in [0.2, 0.25) is 0 Å². The predicted octanol–water partition coefficient (Wildman–Crippen LogP) is 2.48. The lowest BCUT2D eigenvalue weighted by Crippen LogP contribution is -2.20. The van der Waals surface area contributed by atoms with Gasteiger partial charge in [0.05, 0.1) is 5.56 Å². The number of aromatic amines is 1. The Balaban J connectivity index is 1.96. The summed E-state index contributed by atoms with van der Waals surface area (Å²) in [7, 11) is 0. The molecule has 1 aliphatic carbocycles. The molecule has 0 atom stereocenters. The van der Waals surface area contributed by atoms with Gasteiger partial charge in [0.2, 0.25) is 5.88 Å². The molecule has 4 nitrogen and oxygen atoms in total. The Morgan fingerprint density at radius 1 is 1.25 bits per heavy atom. The summed E-state index contributed by atoms with van der Waals surface area (Å²) in [5.74, 6) is 0.566. The van der Waals surface area contributed by atoms with E-state index in [1.807, 2.05) is 26.0 Å². The molecule has 1 aliphatic rings. The van der Waals surface area contributed by atoms with Crippen molar-refractivity contribution in [2.75, 3.05) is 0 Å². The van der Waals surface area contributed by atoms with Crippen molar-refractivity contribution in [2.45, 2.75) is 38.5 Å². The maximum absolute atomic E-state index is 12.1. The Labute approximate surface area is 117 Å². The van der Waals surface area contributed by atoms with E-state index in [0.717, 1.165) is 12.8 Å². The molecule has 104 valence electrons.